The van der Waals surface area contributed by atoms with E-state index in [1.54, 1.807) is 0 Å². The lowest BCUT2D eigenvalue weighted by atomic mass is 9.55. The normalized spacial score (nSPS) is 38.7. The fraction of sp³-hybridized carbons (Fsp3) is 0.583. The van der Waals surface area contributed by atoms with Gasteiger partial charge in [-0.2, -0.15) is 0 Å². The molecule has 0 aromatic heterocycles. The standard InChI is InChI=1S/C12H16O2/c1-11(2)8-4-5-12(3,10(11)14)9(6-8)7-13/h4-6,8,13H,7H2,1-3H3. The molecule has 2 atom stereocenters. The maximum atomic E-state index is 12.2. The summed E-state index contributed by atoms with van der Waals surface area (Å²) in [4.78, 5) is 12.2. The number of rotatable bonds is 1. The predicted octanol–water partition coefficient (Wildman–Crippen LogP) is 1.71. The molecule has 0 amide bonds. The second-order valence-electron chi connectivity index (χ2n) is 4.99. The fourth-order valence-electron chi connectivity index (χ4n) is 2.56. The lowest BCUT2D eigenvalue weighted by molar-refractivity contribution is -0.136. The molecule has 0 heterocycles. The molecule has 0 aliphatic heterocycles. The van der Waals surface area contributed by atoms with E-state index in [4.69, 9.17) is 0 Å². The van der Waals surface area contributed by atoms with Gasteiger partial charge in [-0.3, -0.25) is 4.79 Å². The van der Waals surface area contributed by atoms with E-state index in [1.165, 1.54) is 0 Å². The zero-order valence-electron chi connectivity index (χ0n) is 8.87. The van der Waals surface area contributed by atoms with Crippen LogP contribution >= 0.6 is 0 Å². The number of ketones is 1. The Morgan fingerprint density at radius 1 is 1.43 bits per heavy atom. The van der Waals surface area contributed by atoms with E-state index in [0.29, 0.717) is 0 Å². The molecule has 0 saturated carbocycles. The first-order valence-corrected chi connectivity index (χ1v) is 4.99. The largest absolute Gasteiger partial charge is 0.392 e. The molecule has 3 aliphatic rings. The highest BCUT2D eigenvalue weighted by Crippen LogP contribution is 2.51. The van der Waals surface area contributed by atoms with Crippen LogP contribution in [-0.4, -0.2) is 17.5 Å². The number of hydrogen-bond acceptors (Lipinski definition) is 2. The molecule has 2 nitrogen and oxygen atoms in total. The summed E-state index contributed by atoms with van der Waals surface area (Å²) >= 11 is 0. The van der Waals surface area contributed by atoms with Crippen LogP contribution in [0.1, 0.15) is 20.8 Å². The Labute approximate surface area is 84.3 Å². The van der Waals surface area contributed by atoms with Gasteiger partial charge in [0, 0.05) is 11.3 Å². The van der Waals surface area contributed by atoms with E-state index >= 15 is 0 Å². The summed E-state index contributed by atoms with van der Waals surface area (Å²) in [6.45, 7) is 5.84. The van der Waals surface area contributed by atoms with E-state index in [1.807, 2.05) is 32.9 Å². The molecule has 0 spiro atoms. The van der Waals surface area contributed by atoms with E-state index in [9.17, 15) is 9.90 Å². The number of carbonyl (C=O) groups is 1. The molecular weight excluding hydrogens is 176 g/mol. The van der Waals surface area contributed by atoms with Crippen LogP contribution in [0.2, 0.25) is 0 Å². The average molecular weight is 192 g/mol. The zero-order valence-corrected chi connectivity index (χ0v) is 8.87. The van der Waals surface area contributed by atoms with Gasteiger partial charge in [-0.05, 0) is 12.5 Å². The van der Waals surface area contributed by atoms with Gasteiger partial charge in [-0.25, -0.2) is 0 Å². The second-order valence-corrected chi connectivity index (χ2v) is 4.99. The summed E-state index contributed by atoms with van der Waals surface area (Å²) in [6, 6.07) is 0. The Kier molecular flexibility index (Phi) is 1.77. The topological polar surface area (TPSA) is 37.3 Å². The molecule has 0 saturated heterocycles. The van der Waals surface area contributed by atoms with Crippen molar-refractivity contribution in [2.24, 2.45) is 16.7 Å². The van der Waals surface area contributed by atoms with Crippen LogP contribution in [0, 0.1) is 16.7 Å². The van der Waals surface area contributed by atoms with Gasteiger partial charge in [0.1, 0.15) is 0 Å². The van der Waals surface area contributed by atoms with Gasteiger partial charge in [0.25, 0.3) is 0 Å². The molecule has 0 radical (unpaired) electrons. The highest BCUT2D eigenvalue weighted by molar-refractivity contribution is 5.97. The minimum absolute atomic E-state index is 0.0147. The Bertz CT molecular complexity index is 349. The fourth-order valence-corrected chi connectivity index (χ4v) is 2.56. The Hall–Kier alpha value is -0.890. The van der Waals surface area contributed by atoms with Crippen LogP contribution in [-0.2, 0) is 4.79 Å². The third-order valence-electron chi connectivity index (χ3n) is 3.75. The van der Waals surface area contributed by atoms with Crippen molar-refractivity contribution in [3.05, 3.63) is 23.8 Å². The third-order valence-corrected chi connectivity index (χ3v) is 3.75. The Morgan fingerprint density at radius 2 is 2.07 bits per heavy atom. The highest BCUT2D eigenvalue weighted by Gasteiger charge is 2.52. The van der Waals surface area contributed by atoms with Gasteiger partial charge in [-0.1, -0.05) is 32.1 Å². The molecule has 0 aromatic rings. The van der Waals surface area contributed by atoms with Crippen LogP contribution in [0.3, 0.4) is 0 Å². The summed E-state index contributed by atoms with van der Waals surface area (Å²) in [5.74, 6) is 0.378. The first kappa shape index (κ1) is 9.66. The number of carbonyl (C=O) groups excluding carboxylic acids is 1. The monoisotopic (exact) mass is 192 g/mol. The summed E-state index contributed by atoms with van der Waals surface area (Å²) < 4.78 is 0. The summed E-state index contributed by atoms with van der Waals surface area (Å²) in [7, 11) is 0. The molecule has 2 heteroatoms. The smallest absolute Gasteiger partial charge is 0.153 e. The highest BCUT2D eigenvalue weighted by atomic mass is 16.3. The molecule has 2 bridgehead atoms. The lowest BCUT2D eigenvalue weighted by Gasteiger charge is -2.47. The maximum absolute atomic E-state index is 12.2. The van der Waals surface area contributed by atoms with Crippen LogP contribution in [0.4, 0.5) is 0 Å². The van der Waals surface area contributed by atoms with Crippen LogP contribution in [0.25, 0.3) is 0 Å². The summed E-state index contributed by atoms with van der Waals surface area (Å²) in [6.07, 6.45) is 6.07. The zero-order chi connectivity index (χ0) is 10.6. The number of aliphatic hydroxyl groups excluding tert-OH is 1. The Balaban J connectivity index is 2.58. The number of Topliss-reactive ketones (excluding diaryl/α,β-unsaturated/α-hetero) is 1. The molecule has 0 aromatic carbocycles. The number of hydrogen-bond donors (Lipinski definition) is 1. The van der Waals surface area contributed by atoms with Crippen molar-refractivity contribution in [3.63, 3.8) is 0 Å². The van der Waals surface area contributed by atoms with Crippen molar-refractivity contribution >= 4 is 5.78 Å². The van der Waals surface area contributed by atoms with Gasteiger partial charge in [0.05, 0.1) is 12.0 Å². The molecule has 3 rings (SSSR count). The number of aliphatic hydroxyl groups is 1. The molecule has 76 valence electrons. The van der Waals surface area contributed by atoms with E-state index in [-0.39, 0.29) is 23.7 Å². The molecule has 1 N–H and O–H groups in total. The van der Waals surface area contributed by atoms with E-state index in [2.05, 4.69) is 6.08 Å². The number of fused-ring (bicyclic) bond motifs is 1. The van der Waals surface area contributed by atoms with Crippen molar-refractivity contribution in [2.75, 3.05) is 6.61 Å². The number of allylic oxidation sites excluding steroid dienone is 3. The van der Waals surface area contributed by atoms with Crippen molar-refractivity contribution in [1.29, 1.82) is 0 Å². The molecule has 14 heavy (non-hydrogen) atoms. The quantitative estimate of drug-likeness (QED) is 0.642. The van der Waals surface area contributed by atoms with Crippen molar-refractivity contribution < 1.29 is 9.90 Å². The minimum atomic E-state index is -0.563. The van der Waals surface area contributed by atoms with Gasteiger partial charge in [0.15, 0.2) is 5.78 Å². The van der Waals surface area contributed by atoms with E-state index < -0.39 is 5.41 Å². The van der Waals surface area contributed by atoms with Crippen molar-refractivity contribution in [3.8, 4) is 0 Å². The van der Waals surface area contributed by atoms with Gasteiger partial charge in [0.2, 0.25) is 0 Å². The summed E-state index contributed by atoms with van der Waals surface area (Å²) in [5.41, 5.74) is -0.0239. The van der Waals surface area contributed by atoms with Crippen LogP contribution < -0.4 is 0 Å². The summed E-state index contributed by atoms with van der Waals surface area (Å²) in [5, 5.41) is 9.21. The molecule has 2 unspecified atom stereocenters. The third kappa shape index (κ3) is 0.921. The first-order valence-electron chi connectivity index (χ1n) is 4.99. The average Bonchev–Trinajstić information content (AvgIpc) is 2.14. The van der Waals surface area contributed by atoms with Crippen LogP contribution in [0.15, 0.2) is 23.8 Å². The van der Waals surface area contributed by atoms with Gasteiger partial charge >= 0.3 is 0 Å². The lowest BCUT2D eigenvalue weighted by Crippen LogP contribution is -2.49. The van der Waals surface area contributed by atoms with Gasteiger partial charge in [-0.15, -0.1) is 0 Å². The molecule has 0 fully saturated rings. The van der Waals surface area contributed by atoms with Crippen LogP contribution in [0.5, 0.6) is 0 Å². The van der Waals surface area contributed by atoms with Crippen molar-refractivity contribution in [1.82, 2.24) is 0 Å². The van der Waals surface area contributed by atoms with Gasteiger partial charge < -0.3 is 5.11 Å². The molecular formula is C12H16O2. The molecule has 3 aliphatic carbocycles. The SMILES string of the molecule is CC12C=CC(C=C1CO)C(C)(C)C2=O. The van der Waals surface area contributed by atoms with Crippen molar-refractivity contribution in [2.45, 2.75) is 20.8 Å². The second kappa shape index (κ2) is 2.57. The minimum Gasteiger partial charge on any atom is -0.392 e. The maximum Gasteiger partial charge on any atom is 0.153 e. The Morgan fingerprint density at radius 3 is 2.64 bits per heavy atom. The predicted molar refractivity (Wildman–Crippen MR) is 54.7 cm³/mol. The van der Waals surface area contributed by atoms with E-state index in [0.717, 1.165) is 5.57 Å². The first-order chi connectivity index (χ1) is 6.43.